The molecular weight excluding hydrogens is 338 g/mol. The van der Waals surface area contributed by atoms with Crippen molar-refractivity contribution in [1.82, 2.24) is 4.90 Å². The van der Waals surface area contributed by atoms with Gasteiger partial charge in [-0.05, 0) is 12.8 Å². The minimum absolute atomic E-state index is 0.0497. The second-order valence-corrected chi connectivity index (χ2v) is 7.87. The first-order valence-electron chi connectivity index (χ1n) is 11.6. The maximum absolute atomic E-state index is 12.3. The molecule has 0 rings (SSSR count). The van der Waals surface area contributed by atoms with Gasteiger partial charge in [0.25, 0.3) is 0 Å². The Kier molecular flexibility index (Phi) is 18.9. The fourth-order valence-electron chi connectivity index (χ4n) is 3.39. The van der Waals surface area contributed by atoms with E-state index in [1.54, 1.807) is 4.90 Å². The van der Waals surface area contributed by atoms with Crippen LogP contribution in [-0.4, -0.2) is 35.0 Å². The van der Waals surface area contributed by atoms with Gasteiger partial charge in [-0.25, -0.2) is 0 Å². The van der Waals surface area contributed by atoms with Crippen molar-refractivity contribution in [3.63, 3.8) is 0 Å². The van der Waals surface area contributed by atoms with Crippen molar-refractivity contribution < 1.29 is 14.7 Å². The zero-order valence-electron chi connectivity index (χ0n) is 18.1. The number of hydrogen-bond acceptors (Lipinski definition) is 2. The number of rotatable bonds is 20. The van der Waals surface area contributed by atoms with Gasteiger partial charge in [0.1, 0.15) is 0 Å². The molecule has 0 fully saturated rings. The van der Waals surface area contributed by atoms with Gasteiger partial charge in [-0.15, -0.1) is 0 Å². The third-order valence-corrected chi connectivity index (χ3v) is 5.22. The Balaban J connectivity index is 3.57. The van der Waals surface area contributed by atoms with Crippen molar-refractivity contribution in [1.29, 1.82) is 0 Å². The minimum atomic E-state index is -0.828. The Morgan fingerprint density at radius 2 is 1.04 bits per heavy atom. The monoisotopic (exact) mass is 383 g/mol. The Morgan fingerprint density at radius 1 is 0.593 bits per heavy atom. The first-order chi connectivity index (χ1) is 13.1. The number of nitrogens with zero attached hydrogens (tertiary/aromatic N) is 1. The molecule has 0 aromatic rings. The summed E-state index contributed by atoms with van der Waals surface area (Å²) in [6.45, 7) is 5.40. The summed E-state index contributed by atoms with van der Waals surface area (Å²) in [7, 11) is 0. The molecule has 0 bridgehead atoms. The summed E-state index contributed by atoms with van der Waals surface area (Å²) < 4.78 is 0. The molecule has 0 unspecified atom stereocenters. The second kappa shape index (κ2) is 19.7. The van der Waals surface area contributed by atoms with Gasteiger partial charge in [-0.1, -0.05) is 97.3 Å². The lowest BCUT2D eigenvalue weighted by atomic mass is 10.0. The summed E-state index contributed by atoms with van der Waals surface area (Å²) in [5, 5.41) is 8.83. The quantitative estimate of drug-likeness (QED) is 0.242. The van der Waals surface area contributed by atoms with E-state index >= 15 is 0 Å². The van der Waals surface area contributed by atoms with Crippen LogP contribution in [-0.2, 0) is 9.59 Å². The molecule has 0 aliphatic carbocycles. The molecule has 4 heteroatoms. The molecule has 0 aliphatic rings. The molecule has 0 aromatic carbocycles. The highest BCUT2D eigenvalue weighted by atomic mass is 16.4. The number of hydrogen-bond donors (Lipinski definition) is 1. The normalized spacial score (nSPS) is 10.9. The fourth-order valence-corrected chi connectivity index (χ4v) is 3.39. The smallest absolute Gasteiger partial charge is 0.305 e. The average molecular weight is 384 g/mol. The van der Waals surface area contributed by atoms with Gasteiger partial charge < -0.3 is 10.0 Å². The molecule has 0 spiro atoms. The van der Waals surface area contributed by atoms with E-state index in [1.807, 2.05) is 0 Å². The van der Waals surface area contributed by atoms with Crippen LogP contribution in [0.4, 0.5) is 0 Å². The van der Waals surface area contributed by atoms with Gasteiger partial charge in [-0.2, -0.15) is 0 Å². The first-order valence-corrected chi connectivity index (χ1v) is 11.6. The Hall–Kier alpha value is -1.06. The molecule has 0 atom stereocenters. The predicted octanol–water partition coefficient (Wildman–Crippen LogP) is 6.57. The van der Waals surface area contributed by atoms with Crippen molar-refractivity contribution in [3.8, 4) is 0 Å². The molecule has 0 heterocycles. The van der Waals surface area contributed by atoms with Crippen molar-refractivity contribution in [2.24, 2.45) is 0 Å². The van der Waals surface area contributed by atoms with E-state index in [4.69, 9.17) is 5.11 Å². The van der Waals surface area contributed by atoms with Crippen LogP contribution in [0.2, 0.25) is 0 Å². The number of carboxylic acids is 1. The molecule has 1 N–H and O–H groups in total. The van der Waals surface area contributed by atoms with Crippen molar-refractivity contribution in [3.05, 3.63) is 0 Å². The SMILES string of the molecule is CCCCCCCCCCCCCCCC(=O)N(CCCC)CCC(=O)O. The number of amides is 1. The number of carboxylic acid groups (broad SMARTS) is 1. The van der Waals surface area contributed by atoms with E-state index < -0.39 is 5.97 Å². The molecule has 0 radical (unpaired) electrons. The highest BCUT2D eigenvalue weighted by molar-refractivity contribution is 5.77. The number of carbonyl (C=O) groups is 2. The van der Waals surface area contributed by atoms with Gasteiger partial charge in [0, 0.05) is 19.5 Å². The summed E-state index contributed by atoms with van der Waals surface area (Å²) in [5.74, 6) is -0.696. The average Bonchev–Trinajstić information content (AvgIpc) is 2.65. The number of unbranched alkanes of at least 4 members (excludes halogenated alkanes) is 13. The van der Waals surface area contributed by atoms with Gasteiger partial charge in [0.15, 0.2) is 0 Å². The molecule has 0 saturated heterocycles. The minimum Gasteiger partial charge on any atom is -0.481 e. The summed E-state index contributed by atoms with van der Waals surface area (Å²) in [4.78, 5) is 24.8. The topological polar surface area (TPSA) is 57.6 Å². The van der Waals surface area contributed by atoms with Gasteiger partial charge in [-0.3, -0.25) is 9.59 Å². The number of carbonyl (C=O) groups excluding carboxylic acids is 1. The van der Waals surface area contributed by atoms with Crippen LogP contribution in [0.25, 0.3) is 0 Å². The molecule has 160 valence electrons. The van der Waals surface area contributed by atoms with Crippen molar-refractivity contribution >= 4 is 11.9 Å². The zero-order chi connectivity index (χ0) is 20.2. The van der Waals surface area contributed by atoms with E-state index in [2.05, 4.69) is 13.8 Å². The Bertz CT molecular complexity index is 358. The van der Waals surface area contributed by atoms with E-state index in [0.717, 1.165) is 25.7 Å². The van der Waals surface area contributed by atoms with Crippen molar-refractivity contribution in [2.75, 3.05) is 13.1 Å². The van der Waals surface area contributed by atoms with Crippen LogP contribution in [0.5, 0.6) is 0 Å². The maximum Gasteiger partial charge on any atom is 0.305 e. The molecule has 27 heavy (non-hydrogen) atoms. The van der Waals surface area contributed by atoms with Crippen LogP contribution in [0.15, 0.2) is 0 Å². The molecule has 0 aromatic heterocycles. The van der Waals surface area contributed by atoms with E-state index in [0.29, 0.717) is 19.5 Å². The van der Waals surface area contributed by atoms with Gasteiger partial charge in [0.2, 0.25) is 5.91 Å². The highest BCUT2D eigenvalue weighted by Crippen LogP contribution is 2.13. The highest BCUT2D eigenvalue weighted by Gasteiger charge is 2.13. The van der Waals surface area contributed by atoms with Crippen LogP contribution < -0.4 is 0 Å². The molecular formula is C23H45NO3. The molecule has 0 saturated carbocycles. The van der Waals surface area contributed by atoms with E-state index in [-0.39, 0.29) is 12.3 Å². The lowest BCUT2D eigenvalue weighted by Crippen LogP contribution is -2.33. The Labute approximate surface area is 168 Å². The number of aliphatic carboxylic acids is 1. The van der Waals surface area contributed by atoms with Crippen LogP contribution in [0.1, 0.15) is 123 Å². The third-order valence-electron chi connectivity index (χ3n) is 5.22. The molecule has 1 amide bonds. The van der Waals surface area contributed by atoms with Crippen molar-refractivity contribution in [2.45, 2.75) is 123 Å². The summed E-state index contributed by atoms with van der Waals surface area (Å²) >= 11 is 0. The van der Waals surface area contributed by atoms with E-state index in [1.165, 1.54) is 70.6 Å². The standard InChI is InChI=1S/C23H45NO3/c1-3-5-7-8-9-10-11-12-13-14-15-16-17-18-22(25)24(20-6-4-2)21-19-23(26)27/h3-21H2,1-2H3,(H,26,27). The predicted molar refractivity (Wildman–Crippen MR) is 114 cm³/mol. The summed E-state index contributed by atoms with van der Waals surface area (Å²) in [6, 6.07) is 0. The summed E-state index contributed by atoms with van der Waals surface area (Å²) in [6.07, 6.45) is 19.5. The lowest BCUT2D eigenvalue weighted by Gasteiger charge is -2.21. The first kappa shape index (κ1) is 25.9. The third kappa shape index (κ3) is 18.1. The largest absolute Gasteiger partial charge is 0.481 e. The summed E-state index contributed by atoms with van der Waals surface area (Å²) in [5.41, 5.74) is 0. The zero-order valence-corrected chi connectivity index (χ0v) is 18.1. The molecule has 0 aliphatic heterocycles. The van der Waals surface area contributed by atoms with Crippen LogP contribution in [0.3, 0.4) is 0 Å². The van der Waals surface area contributed by atoms with Crippen LogP contribution in [0, 0.1) is 0 Å². The fraction of sp³-hybridized carbons (Fsp3) is 0.913. The lowest BCUT2D eigenvalue weighted by molar-refractivity contribution is -0.138. The maximum atomic E-state index is 12.3. The van der Waals surface area contributed by atoms with Crippen LogP contribution >= 0.6 is 0 Å². The second-order valence-electron chi connectivity index (χ2n) is 7.87. The van der Waals surface area contributed by atoms with E-state index in [9.17, 15) is 9.59 Å². The van der Waals surface area contributed by atoms with Gasteiger partial charge >= 0.3 is 5.97 Å². The van der Waals surface area contributed by atoms with Gasteiger partial charge in [0.05, 0.1) is 6.42 Å². The molecule has 4 nitrogen and oxygen atoms in total. The Morgan fingerprint density at radius 3 is 1.48 bits per heavy atom.